The number of hydrogen-bond donors (Lipinski definition) is 3. The first-order valence-electron chi connectivity index (χ1n) is 11.8. The number of methoxy groups -OCH3 is 1. The molecule has 0 saturated heterocycles. The summed E-state index contributed by atoms with van der Waals surface area (Å²) in [7, 11) is 1.74. The maximum absolute atomic E-state index is 9.94. The Morgan fingerprint density at radius 3 is 2.75 bits per heavy atom. The van der Waals surface area contributed by atoms with E-state index < -0.39 is 6.29 Å². The highest BCUT2D eigenvalue weighted by atomic mass is 16.5. The average molecular weight is 438 g/mol. The summed E-state index contributed by atoms with van der Waals surface area (Å²) in [5.74, 6) is 0.999. The topological polar surface area (TPSA) is 79.5 Å². The Kier molecular flexibility index (Phi) is 7.45. The number of aryl methyl sites for hydroxylation is 2. The van der Waals surface area contributed by atoms with E-state index in [0.29, 0.717) is 17.3 Å². The predicted octanol–water partition coefficient (Wildman–Crippen LogP) is 5.41. The van der Waals surface area contributed by atoms with Gasteiger partial charge in [0.25, 0.3) is 0 Å². The van der Waals surface area contributed by atoms with Crippen LogP contribution in [0.1, 0.15) is 74.3 Å². The van der Waals surface area contributed by atoms with Crippen molar-refractivity contribution in [2.45, 2.75) is 70.6 Å². The second-order valence-corrected chi connectivity index (χ2v) is 8.87. The molecule has 1 aliphatic rings. The second-order valence-electron chi connectivity index (χ2n) is 8.87. The van der Waals surface area contributed by atoms with Gasteiger partial charge in [-0.2, -0.15) is 0 Å². The molecule has 0 aliphatic heterocycles. The summed E-state index contributed by atoms with van der Waals surface area (Å²) in [6, 6.07) is 8.32. The maximum Gasteiger partial charge on any atom is 0.182 e. The number of nitrogens with zero attached hydrogens (tertiary/aromatic N) is 2. The van der Waals surface area contributed by atoms with Crippen molar-refractivity contribution in [2.24, 2.45) is 0 Å². The van der Waals surface area contributed by atoms with Gasteiger partial charge in [-0.25, -0.2) is 4.98 Å². The van der Waals surface area contributed by atoms with Crippen LogP contribution < -0.4 is 5.32 Å². The van der Waals surface area contributed by atoms with Gasteiger partial charge in [0.1, 0.15) is 5.82 Å². The first-order valence-corrected chi connectivity index (χ1v) is 11.8. The van der Waals surface area contributed by atoms with E-state index in [2.05, 4.69) is 46.2 Å². The lowest BCUT2D eigenvalue weighted by Crippen LogP contribution is -2.06. The first-order chi connectivity index (χ1) is 15.6. The number of ether oxygens (including phenoxy) is 1. The van der Waals surface area contributed by atoms with Gasteiger partial charge in [0, 0.05) is 43.7 Å². The number of anilines is 2. The Hall–Kier alpha value is -2.41. The fourth-order valence-electron chi connectivity index (χ4n) is 4.41. The molecule has 6 heteroatoms. The maximum atomic E-state index is 9.94. The van der Waals surface area contributed by atoms with Gasteiger partial charge in [-0.15, -0.1) is 0 Å². The van der Waals surface area contributed by atoms with Crippen LogP contribution in [0.4, 0.5) is 11.5 Å². The molecule has 0 amide bonds. The van der Waals surface area contributed by atoms with E-state index in [1.54, 1.807) is 7.11 Å². The summed E-state index contributed by atoms with van der Waals surface area (Å²) in [6.07, 6.45) is 10.2. The molecule has 3 N–H and O–H groups in total. The molecule has 32 heavy (non-hydrogen) atoms. The van der Waals surface area contributed by atoms with Gasteiger partial charge in [0.15, 0.2) is 6.29 Å². The quantitative estimate of drug-likeness (QED) is 0.261. The molecule has 6 nitrogen and oxygen atoms in total. The minimum Gasteiger partial charge on any atom is -0.385 e. The van der Waals surface area contributed by atoms with Crippen LogP contribution in [0.15, 0.2) is 36.7 Å². The van der Waals surface area contributed by atoms with Gasteiger partial charge in [-0.05, 0) is 73.4 Å². The third-order valence-corrected chi connectivity index (χ3v) is 6.26. The molecule has 2 heterocycles. The Bertz CT molecular complexity index is 1040. The molecule has 0 atom stereocenters. The van der Waals surface area contributed by atoms with Crippen LogP contribution in [-0.2, 0) is 17.7 Å². The lowest BCUT2D eigenvalue weighted by atomic mass is 10.0. The fourth-order valence-corrected chi connectivity index (χ4v) is 4.41. The number of unbranched alkanes of at least 4 members (excludes halogenated alkanes) is 2. The number of aliphatic hydroxyl groups is 2. The van der Waals surface area contributed by atoms with Gasteiger partial charge in [0.2, 0.25) is 0 Å². The van der Waals surface area contributed by atoms with Gasteiger partial charge < -0.3 is 24.8 Å². The molecule has 1 aromatic carbocycles. The van der Waals surface area contributed by atoms with Gasteiger partial charge in [0.05, 0.1) is 11.1 Å². The normalized spacial score (nSPS) is 13.9. The minimum absolute atomic E-state index is 0.424. The molecule has 0 radical (unpaired) electrons. The zero-order chi connectivity index (χ0) is 22.5. The number of pyridine rings is 1. The van der Waals surface area contributed by atoms with Crippen LogP contribution in [-0.4, -0.2) is 33.5 Å². The van der Waals surface area contributed by atoms with Crippen molar-refractivity contribution in [3.63, 3.8) is 0 Å². The SMILES string of the molecule is CCCCCn1ccc2cc(Nc3ncc(C4CC4)cc3C(O)O)cc(CCCOC)c21. The van der Waals surface area contributed by atoms with Crippen molar-refractivity contribution < 1.29 is 14.9 Å². The predicted molar refractivity (Wildman–Crippen MR) is 128 cm³/mol. The number of rotatable bonds is 12. The van der Waals surface area contributed by atoms with E-state index in [-0.39, 0.29) is 0 Å². The Morgan fingerprint density at radius 2 is 2.03 bits per heavy atom. The van der Waals surface area contributed by atoms with E-state index in [1.807, 2.05) is 12.3 Å². The van der Waals surface area contributed by atoms with Gasteiger partial charge >= 0.3 is 0 Å². The number of nitrogens with one attached hydrogen (secondary N) is 1. The molecule has 1 fully saturated rings. The van der Waals surface area contributed by atoms with Crippen LogP contribution in [0.3, 0.4) is 0 Å². The Morgan fingerprint density at radius 1 is 1.19 bits per heavy atom. The molecule has 1 aliphatic carbocycles. The van der Waals surface area contributed by atoms with E-state index in [1.165, 1.54) is 35.7 Å². The summed E-state index contributed by atoms with van der Waals surface area (Å²) < 4.78 is 7.65. The van der Waals surface area contributed by atoms with E-state index in [4.69, 9.17) is 4.74 Å². The standard InChI is InChI=1S/C26H35N3O3/c1-3-4-5-11-29-12-10-20-15-22(14-19(24(20)29)7-6-13-32-2)28-25-23(26(30)31)16-21(17-27-25)18-8-9-18/h10,12,14-18,26,30-31H,3-9,11,13H2,1-2H3,(H,27,28). The zero-order valence-corrected chi connectivity index (χ0v) is 19.2. The summed E-state index contributed by atoms with van der Waals surface area (Å²) in [5.41, 5.74) is 4.96. The molecule has 0 spiro atoms. The van der Waals surface area contributed by atoms with Gasteiger partial charge in [-0.3, -0.25) is 0 Å². The Balaban J connectivity index is 1.65. The van der Waals surface area contributed by atoms with Crippen molar-refractivity contribution in [3.8, 4) is 0 Å². The third-order valence-electron chi connectivity index (χ3n) is 6.26. The van der Waals surface area contributed by atoms with E-state index in [9.17, 15) is 10.2 Å². The molecular formula is C26H35N3O3. The number of aromatic nitrogens is 2. The minimum atomic E-state index is -1.56. The number of fused-ring (bicyclic) bond motifs is 1. The molecule has 1 saturated carbocycles. The highest BCUT2D eigenvalue weighted by Crippen LogP contribution is 2.41. The van der Waals surface area contributed by atoms with Crippen molar-refractivity contribution in [1.29, 1.82) is 0 Å². The van der Waals surface area contributed by atoms with Crippen molar-refractivity contribution in [1.82, 2.24) is 9.55 Å². The average Bonchev–Trinajstić information content (AvgIpc) is 3.55. The van der Waals surface area contributed by atoms with Crippen molar-refractivity contribution in [3.05, 3.63) is 53.3 Å². The summed E-state index contributed by atoms with van der Waals surface area (Å²) in [4.78, 5) is 4.54. The molecule has 3 aromatic rings. The van der Waals surface area contributed by atoms with E-state index >= 15 is 0 Å². The van der Waals surface area contributed by atoms with Crippen LogP contribution >= 0.6 is 0 Å². The third kappa shape index (κ3) is 5.31. The zero-order valence-electron chi connectivity index (χ0n) is 19.2. The van der Waals surface area contributed by atoms with Gasteiger partial charge in [-0.1, -0.05) is 19.8 Å². The largest absolute Gasteiger partial charge is 0.385 e. The lowest BCUT2D eigenvalue weighted by Gasteiger charge is -2.16. The second kappa shape index (κ2) is 10.5. The smallest absolute Gasteiger partial charge is 0.182 e. The number of aliphatic hydroxyl groups excluding tert-OH is 1. The highest BCUT2D eigenvalue weighted by molar-refractivity contribution is 5.88. The first kappa shape index (κ1) is 22.8. The lowest BCUT2D eigenvalue weighted by molar-refractivity contribution is -0.0421. The monoisotopic (exact) mass is 437 g/mol. The molecular weight excluding hydrogens is 402 g/mol. The van der Waals surface area contributed by atoms with Crippen LogP contribution in [0.2, 0.25) is 0 Å². The van der Waals surface area contributed by atoms with Crippen LogP contribution in [0, 0.1) is 0 Å². The fraction of sp³-hybridized carbons (Fsp3) is 0.500. The van der Waals surface area contributed by atoms with Crippen LogP contribution in [0.5, 0.6) is 0 Å². The van der Waals surface area contributed by atoms with Crippen molar-refractivity contribution in [2.75, 3.05) is 19.0 Å². The molecule has 172 valence electrons. The molecule has 0 bridgehead atoms. The van der Waals surface area contributed by atoms with Crippen molar-refractivity contribution >= 4 is 22.4 Å². The molecule has 4 rings (SSSR count). The highest BCUT2D eigenvalue weighted by Gasteiger charge is 2.25. The van der Waals surface area contributed by atoms with Crippen LogP contribution in [0.25, 0.3) is 10.9 Å². The number of benzene rings is 1. The molecule has 2 aromatic heterocycles. The molecule has 0 unspecified atom stereocenters. The Labute approximate surface area is 190 Å². The van der Waals surface area contributed by atoms with E-state index in [0.717, 1.165) is 50.1 Å². The summed E-state index contributed by atoms with van der Waals surface area (Å²) in [6.45, 7) is 3.97. The summed E-state index contributed by atoms with van der Waals surface area (Å²) in [5, 5.41) is 24.4. The number of hydrogen-bond acceptors (Lipinski definition) is 5. The summed E-state index contributed by atoms with van der Waals surface area (Å²) >= 11 is 0.